The van der Waals surface area contributed by atoms with Crippen molar-refractivity contribution in [2.24, 2.45) is 17.0 Å². The largest absolute Gasteiger partial charge is 0.390 e. The van der Waals surface area contributed by atoms with Crippen LogP contribution < -0.4 is 10.2 Å². The van der Waals surface area contributed by atoms with Crippen molar-refractivity contribution < 1.29 is 18.8 Å². The number of piperidine rings is 1. The molecule has 8 nitrogen and oxygen atoms in total. The number of anilines is 1. The standard InChI is InChI=1S/C25H36FN5O3/c1-17-10-18(2)15-29(14-17)16-25(33)31-8-6-30(7-9-31)24-5-4-20(11-22(24)26)23-12-21(34-28-23)13-27-19(3)32/h4-5,11,17-18,21H,6-10,12-16H2,1-3H3,(H,27,32). The van der Waals surface area contributed by atoms with Gasteiger partial charge in [0.15, 0.2) is 0 Å². The summed E-state index contributed by atoms with van der Waals surface area (Å²) in [7, 11) is 0. The molecule has 1 aromatic carbocycles. The zero-order valence-corrected chi connectivity index (χ0v) is 20.4. The van der Waals surface area contributed by atoms with Gasteiger partial charge < -0.3 is 20.0 Å². The highest BCUT2D eigenvalue weighted by molar-refractivity contribution is 6.01. The maximum atomic E-state index is 15.0. The van der Waals surface area contributed by atoms with E-state index in [1.165, 1.54) is 19.4 Å². The van der Waals surface area contributed by atoms with Gasteiger partial charge in [0.2, 0.25) is 11.8 Å². The highest BCUT2D eigenvalue weighted by Crippen LogP contribution is 2.25. The summed E-state index contributed by atoms with van der Waals surface area (Å²) >= 11 is 0. The lowest BCUT2D eigenvalue weighted by molar-refractivity contribution is -0.133. The lowest BCUT2D eigenvalue weighted by atomic mass is 9.92. The smallest absolute Gasteiger partial charge is 0.236 e. The molecule has 3 unspecified atom stereocenters. The molecular weight excluding hydrogens is 437 g/mol. The number of likely N-dealkylation sites (tertiary alicyclic amines) is 1. The number of nitrogens with one attached hydrogen (secondary N) is 1. The van der Waals surface area contributed by atoms with E-state index >= 15 is 0 Å². The van der Waals surface area contributed by atoms with E-state index in [9.17, 15) is 14.0 Å². The van der Waals surface area contributed by atoms with Gasteiger partial charge in [-0.2, -0.15) is 0 Å². The SMILES string of the molecule is CC(=O)NCC1CC(c2ccc(N3CCN(C(=O)CN4CC(C)CC(C)C4)CC3)c(F)c2)=NO1. The first kappa shape index (κ1) is 24.4. The molecule has 0 radical (unpaired) electrons. The van der Waals surface area contributed by atoms with Gasteiger partial charge in [-0.1, -0.05) is 25.1 Å². The highest BCUT2D eigenvalue weighted by atomic mass is 19.1. The minimum absolute atomic E-state index is 0.120. The number of oxime groups is 1. The molecule has 3 heterocycles. The number of carbonyl (C=O) groups excluding carboxylic acids is 2. The molecule has 0 aliphatic carbocycles. The van der Waals surface area contributed by atoms with Crippen LogP contribution in [-0.2, 0) is 14.4 Å². The summed E-state index contributed by atoms with van der Waals surface area (Å²) in [5, 5.41) is 6.78. The lowest BCUT2D eigenvalue weighted by Gasteiger charge is -2.39. The Hall–Kier alpha value is -2.68. The molecule has 2 saturated heterocycles. The first-order chi connectivity index (χ1) is 16.3. The van der Waals surface area contributed by atoms with Gasteiger partial charge in [0.1, 0.15) is 11.9 Å². The van der Waals surface area contributed by atoms with Crippen LogP contribution in [0.1, 0.15) is 39.2 Å². The van der Waals surface area contributed by atoms with E-state index in [4.69, 9.17) is 4.84 Å². The topological polar surface area (TPSA) is 77.5 Å². The van der Waals surface area contributed by atoms with Crippen LogP contribution in [0.3, 0.4) is 0 Å². The van der Waals surface area contributed by atoms with Crippen molar-refractivity contribution in [3.63, 3.8) is 0 Å². The predicted octanol–water partition coefficient (Wildman–Crippen LogP) is 2.08. The van der Waals surface area contributed by atoms with Crippen molar-refractivity contribution in [1.29, 1.82) is 0 Å². The summed E-state index contributed by atoms with van der Waals surface area (Å²) in [6.07, 6.45) is 1.52. The van der Waals surface area contributed by atoms with Gasteiger partial charge in [0.25, 0.3) is 0 Å². The van der Waals surface area contributed by atoms with E-state index in [2.05, 4.69) is 29.2 Å². The van der Waals surface area contributed by atoms with Crippen molar-refractivity contribution in [3.05, 3.63) is 29.6 Å². The van der Waals surface area contributed by atoms with E-state index in [-0.39, 0.29) is 23.7 Å². The Bertz CT molecular complexity index is 921. The monoisotopic (exact) mass is 473 g/mol. The third-order valence-corrected chi connectivity index (χ3v) is 6.87. The number of carbonyl (C=O) groups is 2. The summed E-state index contributed by atoms with van der Waals surface area (Å²) in [5.41, 5.74) is 1.91. The average Bonchev–Trinajstić information content (AvgIpc) is 3.26. The molecule has 2 fully saturated rings. The number of benzene rings is 1. The molecule has 34 heavy (non-hydrogen) atoms. The number of halogens is 1. The normalized spacial score (nSPS) is 25.6. The first-order valence-electron chi connectivity index (χ1n) is 12.3. The van der Waals surface area contributed by atoms with Crippen LogP contribution in [0.25, 0.3) is 0 Å². The third kappa shape index (κ3) is 6.05. The Balaban J connectivity index is 1.28. The van der Waals surface area contributed by atoms with Gasteiger partial charge in [-0.25, -0.2) is 4.39 Å². The van der Waals surface area contributed by atoms with Crippen molar-refractivity contribution in [3.8, 4) is 0 Å². The Kier molecular flexibility index (Phi) is 7.70. The van der Waals surface area contributed by atoms with E-state index in [1.807, 2.05) is 15.9 Å². The maximum absolute atomic E-state index is 15.0. The second-order valence-electron chi connectivity index (χ2n) is 10.1. The van der Waals surface area contributed by atoms with Gasteiger partial charge in [0.05, 0.1) is 24.5 Å². The van der Waals surface area contributed by atoms with E-state index < -0.39 is 0 Å². The minimum Gasteiger partial charge on any atom is -0.390 e. The number of hydrogen-bond donors (Lipinski definition) is 1. The van der Waals surface area contributed by atoms with Gasteiger partial charge in [-0.15, -0.1) is 0 Å². The number of piperazine rings is 1. The molecule has 9 heteroatoms. The Labute approximate surface area is 201 Å². The predicted molar refractivity (Wildman–Crippen MR) is 129 cm³/mol. The molecule has 0 bridgehead atoms. The number of rotatable bonds is 6. The summed E-state index contributed by atoms with van der Waals surface area (Å²) < 4.78 is 15.0. The van der Waals surface area contributed by atoms with E-state index in [0.717, 1.165) is 13.1 Å². The molecule has 3 aliphatic rings. The van der Waals surface area contributed by atoms with Crippen molar-refractivity contribution in [1.82, 2.24) is 15.1 Å². The molecular formula is C25H36FN5O3. The molecule has 0 saturated carbocycles. The quantitative estimate of drug-likeness (QED) is 0.685. The third-order valence-electron chi connectivity index (χ3n) is 6.87. The van der Waals surface area contributed by atoms with Crippen molar-refractivity contribution >= 4 is 23.2 Å². The summed E-state index contributed by atoms with van der Waals surface area (Å²) in [4.78, 5) is 35.5. The van der Waals surface area contributed by atoms with Gasteiger partial charge in [-0.05, 0) is 30.4 Å². The van der Waals surface area contributed by atoms with Crippen LogP contribution in [0, 0.1) is 17.7 Å². The molecule has 4 rings (SSSR count). The average molecular weight is 474 g/mol. The van der Waals surface area contributed by atoms with E-state index in [0.29, 0.717) is 74.5 Å². The molecule has 1 N–H and O–H groups in total. The van der Waals surface area contributed by atoms with Crippen LogP contribution in [0.15, 0.2) is 23.4 Å². The summed E-state index contributed by atoms with van der Waals surface area (Å²) in [6.45, 7) is 11.2. The molecule has 0 spiro atoms. The molecule has 186 valence electrons. The zero-order valence-electron chi connectivity index (χ0n) is 20.4. The van der Waals surface area contributed by atoms with Crippen molar-refractivity contribution in [2.45, 2.75) is 39.7 Å². The molecule has 3 atom stereocenters. The Morgan fingerprint density at radius 3 is 2.50 bits per heavy atom. The van der Waals surface area contributed by atoms with Crippen molar-refractivity contribution in [2.75, 3.05) is 57.3 Å². The van der Waals surface area contributed by atoms with E-state index in [1.54, 1.807) is 6.07 Å². The second kappa shape index (κ2) is 10.7. The van der Waals surface area contributed by atoms with Crippen LogP contribution in [0.4, 0.5) is 10.1 Å². The van der Waals surface area contributed by atoms with Crippen LogP contribution >= 0.6 is 0 Å². The Morgan fingerprint density at radius 2 is 1.85 bits per heavy atom. The number of nitrogens with zero attached hydrogens (tertiary/aromatic N) is 4. The first-order valence-corrected chi connectivity index (χ1v) is 12.3. The molecule has 3 aliphatic heterocycles. The van der Waals surface area contributed by atoms with Crippen LogP contribution in [0.5, 0.6) is 0 Å². The number of hydrogen-bond acceptors (Lipinski definition) is 6. The molecule has 0 aromatic heterocycles. The zero-order chi connectivity index (χ0) is 24.2. The second-order valence-corrected chi connectivity index (χ2v) is 10.1. The fourth-order valence-electron chi connectivity index (χ4n) is 5.32. The number of amides is 2. The highest BCUT2D eigenvalue weighted by Gasteiger charge is 2.28. The minimum atomic E-state index is -0.304. The van der Waals surface area contributed by atoms with Gasteiger partial charge in [0, 0.05) is 58.2 Å². The fourth-order valence-corrected chi connectivity index (χ4v) is 5.32. The fraction of sp³-hybridized carbons (Fsp3) is 0.640. The summed E-state index contributed by atoms with van der Waals surface area (Å²) in [6, 6.07) is 5.13. The van der Waals surface area contributed by atoms with Gasteiger partial charge in [-0.3, -0.25) is 14.5 Å². The maximum Gasteiger partial charge on any atom is 0.236 e. The Morgan fingerprint density at radius 1 is 1.15 bits per heavy atom. The summed E-state index contributed by atoms with van der Waals surface area (Å²) in [5.74, 6) is 1.00. The van der Waals surface area contributed by atoms with Gasteiger partial charge >= 0.3 is 0 Å². The lowest BCUT2D eigenvalue weighted by Crippen LogP contribution is -2.52. The molecule has 1 aromatic rings. The molecule has 2 amide bonds. The van der Waals surface area contributed by atoms with Crippen LogP contribution in [-0.4, -0.2) is 85.8 Å². The van der Waals surface area contributed by atoms with Crippen LogP contribution in [0.2, 0.25) is 0 Å².